The van der Waals surface area contributed by atoms with Crippen molar-refractivity contribution in [2.45, 2.75) is 50.2 Å². The van der Waals surface area contributed by atoms with Crippen LogP contribution < -0.4 is 10.6 Å². The molecule has 13 heteroatoms. The van der Waals surface area contributed by atoms with Gasteiger partial charge in [-0.25, -0.2) is 13.9 Å². The van der Waals surface area contributed by atoms with Gasteiger partial charge in [0.25, 0.3) is 0 Å². The van der Waals surface area contributed by atoms with Crippen molar-refractivity contribution in [3.63, 3.8) is 0 Å². The van der Waals surface area contributed by atoms with Crippen LogP contribution in [0.15, 0.2) is 6.33 Å². The number of nitrogens with zero attached hydrogens (tertiary/aromatic N) is 5. The second-order valence-corrected chi connectivity index (χ2v) is 8.69. The highest BCUT2D eigenvalue weighted by Crippen LogP contribution is 2.45. The SMILES string of the molecule is CN(c1nc(N)nc2c1ncn2[C@@H]1O[C@H](COP(=O)(O)O)C[C@@]1(C)F)C1CC1. The number of ether oxygens (including phenoxy) is 1. The van der Waals surface area contributed by atoms with Crippen LogP contribution in [0.4, 0.5) is 16.2 Å². The number of nitrogens with two attached hydrogens (primary N) is 1. The maximum atomic E-state index is 15.2. The summed E-state index contributed by atoms with van der Waals surface area (Å²) in [6, 6.07) is 0.367. The molecule has 0 amide bonds. The Morgan fingerprint density at radius 2 is 2.21 bits per heavy atom. The molecule has 4 rings (SSSR count). The van der Waals surface area contributed by atoms with Gasteiger partial charge in [0.05, 0.1) is 19.0 Å². The molecule has 0 bridgehead atoms. The van der Waals surface area contributed by atoms with Crippen molar-refractivity contribution >= 4 is 30.8 Å². The predicted octanol–water partition coefficient (Wildman–Crippen LogP) is 1.13. The molecule has 2 fully saturated rings. The first-order valence-electron chi connectivity index (χ1n) is 8.82. The highest BCUT2D eigenvalue weighted by atomic mass is 31.2. The van der Waals surface area contributed by atoms with Gasteiger partial charge in [-0.1, -0.05) is 0 Å². The minimum atomic E-state index is -4.67. The Balaban J connectivity index is 1.66. The molecule has 0 spiro atoms. The van der Waals surface area contributed by atoms with Gasteiger partial charge in [-0.3, -0.25) is 9.09 Å². The smallest absolute Gasteiger partial charge is 0.368 e. The van der Waals surface area contributed by atoms with E-state index in [1.54, 1.807) is 0 Å². The Labute approximate surface area is 159 Å². The zero-order chi connectivity index (χ0) is 20.3. The number of nitrogen functional groups attached to an aromatic ring is 1. The van der Waals surface area contributed by atoms with Crippen LogP contribution in [-0.2, 0) is 13.8 Å². The molecule has 2 aromatic rings. The summed E-state index contributed by atoms with van der Waals surface area (Å²) in [6.07, 6.45) is 1.48. The van der Waals surface area contributed by atoms with Crippen LogP contribution in [0.2, 0.25) is 0 Å². The number of imidazole rings is 1. The van der Waals surface area contributed by atoms with Crippen molar-refractivity contribution in [3.8, 4) is 0 Å². The summed E-state index contributed by atoms with van der Waals surface area (Å²) in [6.45, 7) is 0.919. The monoisotopic (exact) mass is 416 g/mol. The average Bonchev–Trinajstić information content (AvgIpc) is 3.28. The fourth-order valence-electron chi connectivity index (χ4n) is 3.52. The lowest BCUT2D eigenvalue weighted by atomic mass is 10.0. The van der Waals surface area contributed by atoms with E-state index in [9.17, 15) is 4.57 Å². The lowest BCUT2D eigenvalue weighted by Crippen LogP contribution is -2.27. The minimum absolute atomic E-state index is 0.0386. The molecule has 1 aliphatic heterocycles. The molecular weight excluding hydrogens is 394 g/mol. The molecule has 4 N–H and O–H groups in total. The number of hydrogen-bond acceptors (Lipinski definition) is 8. The molecule has 1 saturated carbocycles. The number of phosphoric ester groups is 1. The van der Waals surface area contributed by atoms with Crippen LogP contribution in [0.1, 0.15) is 32.4 Å². The Kier molecular flexibility index (Phi) is 4.59. The molecule has 11 nitrogen and oxygen atoms in total. The predicted molar refractivity (Wildman–Crippen MR) is 97.2 cm³/mol. The van der Waals surface area contributed by atoms with E-state index in [0.717, 1.165) is 12.8 Å². The molecule has 1 aliphatic carbocycles. The molecule has 3 heterocycles. The van der Waals surface area contributed by atoms with E-state index < -0.39 is 32.4 Å². The number of fused-ring (bicyclic) bond motifs is 1. The highest BCUT2D eigenvalue weighted by Gasteiger charge is 2.48. The van der Waals surface area contributed by atoms with Gasteiger partial charge in [-0.15, -0.1) is 0 Å². The molecule has 2 aromatic heterocycles. The standard InChI is InChI=1S/C15H22FN6O5P/c1-15(16)5-9(6-26-28(23,24)25)27-13(15)22-7-18-10-11(21(2)8-3-4-8)19-14(17)20-12(10)22/h7-9,13H,3-6H2,1-2H3,(H2,17,19,20)(H2,23,24,25)/t9-,13+,15+/m0/s1. The Morgan fingerprint density at radius 1 is 1.50 bits per heavy atom. The van der Waals surface area contributed by atoms with E-state index in [2.05, 4.69) is 19.5 Å². The summed E-state index contributed by atoms with van der Waals surface area (Å²) in [4.78, 5) is 32.5. The lowest BCUT2D eigenvalue weighted by Gasteiger charge is -2.23. The molecule has 2 aliphatic rings. The number of anilines is 2. The van der Waals surface area contributed by atoms with E-state index in [1.165, 1.54) is 17.8 Å². The quantitative estimate of drug-likeness (QED) is 0.585. The summed E-state index contributed by atoms with van der Waals surface area (Å²) >= 11 is 0. The second-order valence-electron chi connectivity index (χ2n) is 7.45. The third kappa shape index (κ3) is 3.70. The van der Waals surface area contributed by atoms with Gasteiger partial charge < -0.3 is 25.2 Å². The van der Waals surface area contributed by atoms with Gasteiger partial charge in [0, 0.05) is 19.5 Å². The van der Waals surface area contributed by atoms with Gasteiger partial charge in [-0.05, 0) is 19.8 Å². The molecule has 154 valence electrons. The fraction of sp³-hybridized carbons (Fsp3) is 0.667. The van der Waals surface area contributed by atoms with Crippen molar-refractivity contribution in [1.82, 2.24) is 19.5 Å². The van der Waals surface area contributed by atoms with Gasteiger partial charge in [0.2, 0.25) is 5.95 Å². The maximum Gasteiger partial charge on any atom is 0.469 e. The van der Waals surface area contributed by atoms with Gasteiger partial charge in [0.1, 0.15) is 0 Å². The van der Waals surface area contributed by atoms with Gasteiger partial charge in [0.15, 0.2) is 28.9 Å². The summed E-state index contributed by atoms with van der Waals surface area (Å²) in [5.41, 5.74) is 4.85. The molecule has 0 radical (unpaired) electrons. The third-order valence-electron chi connectivity index (χ3n) is 4.99. The van der Waals surface area contributed by atoms with E-state index in [-0.39, 0.29) is 12.4 Å². The first-order chi connectivity index (χ1) is 13.0. The van der Waals surface area contributed by atoms with Crippen molar-refractivity contribution in [3.05, 3.63) is 6.33 Å². The summed E-state index contributed by atoms with van der Waals surface area (Å²) < 4.78 is 37.7. The minimum Gasteiger partial charge on any atom is -0.368 e. The van der Waals surface area contributed by atoms with Crippen LogP contribution >= 0.6 is 7.82 Å². The summed E-state index contributed by atoms with van der Waals surface area (Å²) in [5, 5.41) is 0. The molecule has 28 heavy (non-hydrogen) atoms. The van der Waals surface area contributed by atoms with Crippen LogP contribution in [-0.4, -0.2) is 60.8 Å². The molecule has 0 aromatic carbocycles. The second kappa shape index (κ2) is 6.60. The Morgan fingerprint density at radius 3 is 2.86 bits per heavy atom. The van der Waals surface area contributed by atoms with Crippen molar-refractivity contribution in [2.75, 3.05) is 24.3 Å². The number of rotatable bonds is 6. The van der Waals surface area contributed by atoms with Crippen molar-refractivity contribution < 1.29 is 28.0 Å². The van der Waals surface area contributed by atoms with Crippen LogP contribution in [0.3, 0.4) is 0 Å². The molecule has 1 saturated heterocycles. The van der Waals surface area contributed by atoms with Crippen LogP contribution in [0.25, 0.3) is 11.2 Å². The number of halogens is 1. The average molecular weight is 416 g/mol. The van der Waals surface area contributed by atoms with Crippen LogP contribution in [0.5, 0.6) is 0 Å². The number of phosphoric acid groups is 1. The number of hydrogen-bond donors (Lipinski definition) is 3. The normalized spacial score (nSPS) is 28.2. The number of aromatic nitrogens is 4. The van der Waals surface area contributed by atoms with E-state index >= 15 is 4.39 Å². The fourth-order valence-corrected chi connectivity index (χ4v) is 3.88. The first kappa shape index (κ1) is 19.5. The highest BCUT2D eigenvalue weighted by molar-refractivity contribution is 7.46. The van der Waals surface area contributed by atoms with Gasteiger partial charge >= 0.3 is 7.82 Å². The summed E-state index contributed by atoms with van der Waals surface area (Å²) in [5.74, 6) is 0.611. The third-order valence-corrected chi connectivity index (χ3v) is 5.48. The van der Waals surface area contributed by atoms with Crippen LogP contribution in [0, 0.1) is 0 Å². The Bertz CT molecular complexity index is 944. The Hall–Kier alpha value is -1.85. The lowest BCUT2D eigenvalue weighted by molar-refractivity contribution is -0.0559. The number of alkyl halides is 1. The zero-order valence-electron chi connectivity index (χ0n) is 15.4. The van der Waals surface area contributed by atoms with E-state index in [0.29, 0.717) is 23.0 Å². The van der Waals surface area contributed by atoms with Crippen molar-refractivity contribution in [2.24, 2.45) is 0 Å². The molecular formula is C15H22FN6O5P. The van der Waals surface area contributed by atoms with Gasteiger partial charge in [-0.2, -0.15) is 9.97 Å². The maximum absolute atomic E-state index is 15.2. The zero-order valence-corrected chi connectivity index (χ0v) is 16.3. The van der Waals surface area contributed by atoms with Crippen molar-refractivity contribution in [1.29, 1.82) is 0 Å². The summed E-state index contributed by atoms with van der Waals surface area (Å²) in [7, 11) is -2.77. The van der Waals surface area contributed by atoms with E-state index in [4.69, 9.17) is 20.3 Å². The molecule has 3 atom stereocenters. The topological polar surface area (TPSA) is 149 Å². The largest absolute Gasteiger partial charge is 0.469 e. The van der Waals surface area contributed by atoms with E-state index in [1.807, 2.05) is 11.9 Å². The molecule has 0 unspecified atom stereocenters. The first-order valence-corrected chi connectivity index (χ1v) is 10.4.